The monoisotopic (exact) mass is 332 g/mol. The van der Waals surface area contributed by atoms with Crippen LogP contribution in [0.5, 0.6) is 5.75 Å². The Morgan fingerprint density at radius 3 is 2.68 bits per heavy atom. The lowest BCUT2D eigenvalue weighted by Crippen LogP contribution is -2.01. The van der Waals surface area contributed by atoms with Crippen LogP contribution in [0.1, 0.15) is 15.3 Å². The minimum absolute atomic E-state index is 0.232. The maximum absolute atomic E-state index is 10.1. The molecule has 0 aliphatic carbocycles. The van der Waals surface area contributed by atoms with Gasteiger partial charge in [-0.25, -0.2) is 0 Å². The van der Waals surface area contributed by atoms with Crippen molar-refractivity contribution in [2.45, 2.75) is 20.4 Å². The molecule has 0 unspecified atom stereocenters. The second-order valence-corrected chi connectivity index (χ2v) is 6.82. The Kier molecular flexibility index (Phi) is 4.26. The van der Waals surface area contributed by atoms with Crippen LogP contribution in [-0.2, 0) is 6.54 Å². The molecule has 0 aliphatic heterocycles. The van der Waals surface area contributed by atoms with Crippen LogP contribution in [0.4, 0.5) is 17.3 Å². The third kappa shape index (κ3) is 3.20. The summed E-state index contributed by atoms with van der Waals surface area (Å²) in [5.41, 5.74) is 1.44. The summed E-state index contributed by atoms with van der Waals surface area (Å²) in [6, 6.07) is 9.77. The lowest BCUT2D eigenvalue weighted by Gasteiger charge is -2.09. The van der Waals surface area contributed by atoms with Gasteiger partial charge in [0.2, 0.25) is 0 Å². The lowest BCUT2D eigenvalue weighted by atomic mass is 10.2. The number of nitrogens with one attached hydrogen (secondary N) is 2. The molecule has 0 fully saturated rings. The standard InChI is InChI=1S/C15H16N4OS2/c1-9-4-3-5-12(13(9)20)17-15-14(18-22-19-15)16-8-11-7-6-10(2)21-11/h3-7,20H,8H2,1-2H3,(H,16,18)(H,17,19). The summed E-state index contributed by atoms with van der Waals surface area (Å²) in [6.45, 7) is 4.66. The Bertz CT molecular complexity index is 781. The highest BCUT2D eigenvalue weighted by atomic mass is 32.1. The number of rotatable bonds is 5. The largest absolute Gasteiger partial charge is 0.505 e. The van der Waals surface area contributed by atoms with E-state index in [0.717, 1.165) is 17.3 Å². The number of anilines is 3. The smallest absolute Gasteiger partial charge is 0.188 e. The number of hydrogen-bond donors (Lipinski definition) is 3. The summed E-state index contributed by atoms with van der Waals surface area (Å²) in [7, 11) is 0. The van der Waals surface area contributed by atoms with Gasteiger partial charge in [0.15, 0.2) is 11.6 Å². The number of aryl methyl sites for hydroxylation is 2. The number of benzene rings is 1. The molecule has 3 aromatic rings. The van der Waals surface area contributed by atoms with E-state index in [1.807, 2.05) is 25.1 Å². The minimum Gasteiger partial charge on any atom is -0.505 e. The fourth-order valence-electron chi connectivity index (χ4n) is 2.02. The van der Waals surface area contributed by atoms with Gasteiger partial charge in [0, 0.05) is 9.75 Å². The van der Waals surface area contributed by atoms with Crippen LogP contribution < -0.4 is 10.6 Å². The van der Waals surface area contributed by atoms with E-state index in [4.69, 9.17) is 0 Å². The van der Waals surface area contributed by atoms with Crippen LogP contribution in [0.15, 0.2) is 30.3 Å². The molecule has 0 bridgehead atoms. The summed E-state index contributed by atoms with van der Waals surface area (Å²) in [5, 5.41) is 16.5. The maximum Gasteiger partial charge on any atom is 0.188 e. The first-order valence-electron chi connectivity index (χ1n) is 6.81. The predicted molar refractivity (Wildman–Crippen MR) is 92.4 cm³/mol. The molecule has 7 heteroatoms. The number of thiophene rings is 1. The Labute approximate surface area is 137 Å². The summed E-state index contributed by atoms with van der Waals surface area (Å²) < 4.78 is 8.52. The van der Waals surface area contributed by atoms with Crippen LogP contribution in [0.3, 0.4) is 0 Å². The van der Waals surface area contributed by atoms with E-state index in [1.165, 1.54) is 9.75 Å². The zero-order valence-corrected chi connectivity index (χ0v) is 13.9. The van der Waals surface area contributed by atoms with Gasteiger partial charge in [-0.3, -0.25) is 0 Å². The molecule has 1 aromatic carbocycles. The summed E-state index contributed by atoms with van der Waals surface area (Å²) in [4.78, 5) is 2.53. The SMILES string of the molecule is Cc1ccc(CNc2nsnc2Nc2cccc(C)c2O)s1. The average molecular weight is 332 g/mol. The van der Waals surface area contributed by atoms with Crippen LogP contribution in [-0.4, -0.2) is 13.9 Å². The van der Waals surface area contributed by atoms with Crippen molar-refractivity contribution in [3.8, 4) is 5.75 Å². The second kappa shape index (κ2) is 6.33. The van der Waals surface area contributed by atoms with Gasteiger partial charge in [-0.1, -0.05) is 12.1 Å². The quantitative estimate of drug-likeness (QED) is 0.608. The number of nitrogens with zero attached hydrogens (tertiary/aromatic N) is 2. The molecule has 114 valence electrons. The molecule has 22 heavy (non-hydrogen) atoms. The van der Waals surface area contributed by atoms with Gasteiger partial charge >= 0.3 is 0 Å². The first-order chi connectivity index (χ1) is 10.6. The highest BCUT2D eigenvalue weighted by molar-refractivity contribution is 7.11. The number of hydrogen-bond acceptors (Lipinski definition) is 7. The van der Waals surface area contributed by atoms with Crippen molar-refractivity contribution in [2.24, 2.45) is 0 Å². The van der Waals surface area contributed by atoms with Crippen molar-refractivity contribution in [1.82, 2.24) is 8.75 Å². The summed E-state index contributed by atoms with van der Waals surface area (Å²) in [6.07, 6.45) is 0. The molecular formula is C15H16N4OS2. The summed E-state index contributed by atoms with van der Waals surface area (Å²) >= 11 is 2.89. The van der Waals surface area contributed by atoms with E-state index in [0.29, 0.717) is 23.9 Å². The van der Waals surface area contributed by atoms with Crippen molar-refractivity contribution >= 4 is 40.4 Å². The molecule has 0 amide bonds. The predicted octanol–water partition coefficient (Wildman–Crippen LogP) is 4.28. The zero-order valence-electron chi connectivity index (χ0n) is 12.3. The van der Waals surface area contributed by atoms with Crippen LogP contribution >= 0.6 is 23.1 Å². The Balaban J connectivity index is 1.73. The molecule has 0 atom stereocenters. The van der Waals surface area contributed by atoms with E-state index in [1.54, 1.807) is 11.3 Å². The highest BCUT2D eigenvalue weighted by Crippen LogP contribution is 2.31. The first kappa shape index (κ1) is 14.8. The average Bonchev–Trinajstić information content (AvgIpc) is 3.11. The molecule has 3 rings (SSSR count). The van der Waals surface area contributed by atoms with Gasteiger partial charge in [-0.15, -0.1) is 11.3 Å². The Hall–Kier alpha value is -2.12. The van der Waals surface area contributed by atoms with E-state index in [-0.39, 0.29) is 5.75 Å². The molecule has 2 heterocycles. The highest BCUT2D eigenvalue weighted by Gasteiger charge is 2.11. The molecule has 0 aliphatic rings. The van der Waals surface area contributed by atoms with Crippen LogP contribution in [0.25, 0.3) is 0 Å². The van der Waals surface area contributed by atoms with E-state index < -0.39 is 0 Å². The van der Waals surface area contributed by atoms with Crippen molar-refractivity contribution in [2.75, 3.05) is 10.6 Å². The van der Waals surface area contributed by atoms with Crippen molar-refractivity contribution < 1.29 is 5.11 Å². The fraction of sp³-hybridized carbons (Fsp3) is 0.200. The molecule has 0 radical (unpaired) electrons. The minimum atomic E-state index is 0.232. The fourth-order valence-corrected chi connectivity index (χ4v) is 3.34. The molecule has 0 saturated carbocycles. The van der Waals surface area contributed by atoms with Crippen LogP contribution in [0.2, 0.25) is 0 Å². The van der Waals surface area contributed by atoms with Gasteiger partial charge in [-0.05, 0) is 37.6 Å². The number of aromatic nitrogens is 2. The number of phenolic OH excluding ortho intramolecular Hbond substituents is 1. The van der Waals surface area contributed by atoms with Crippen molar-refractivity contribution in [3.63, 3.8) is 0 Å². The second-order valence-electron chi connectivity index (χ2n) is 4.92. The Morgan fingerprint density at radius 1 is 1.09 bits per heavy atom. The number of para-hydroxylation sites is 1. The van der Waals surface area contributed by atoms with Gasteiger partial charge in [-0.2, -0.15) is 8.75 Å². The third-order valence-corrected chi connectivity index (χ3v) is 4.73. The number of phenols is 1. The molecule has 5 nitrogen and oxygen atoms in total. The van der Waals surface area contributed by atoms with Crippen molar-refractivity contribution in [3.05, 3.63) is 45.6 Å². The first-order valence-corrected chi connectivity index (χ1v) is 8.35. The Morgan fingerprint density at radius 2 is 1.91 bits per heavy atom. The molecular weight excluding hydrogens is 316 g/mol. The van der Waals surface area contributed by atoms with Gasteiger partial charge in [0.25, 0.3) is 0 Å². The van der Waals surface area contributed by atoms with Gasteiger partial charge in [0.05, 0.1) is 24.0 Å². The normalized spacial score (nSPS) is 10.6. The third-order valence-electron chi connectivity index (χ3n) is 3.21. The lowest BCUT2D eigenvalue weighted by molar-refractivity contribution is 0.473. The maximum atomic E-state index is 10.1. The topological polar surface area (TPSA) is 70.1 Å². The summed E-state index contributed by atoms with van der Waals surface area (Å²) in [5.74, 6) is 1.55. The van der Waals surface area contributed by atoms with Gasteiger partial charge in [0.1, 0.15) is 5.75 Å². The molecule has 0 spiro atoms. The van der Waals surface area contributed by atoms with E-state index in [2.05, 4.69) is 38.4 Å². The molecule has 3 N–H and O–H groups in total. The number of aromatic hydroxyl groups is 1. The molecule has 0 saturated heterocycles. The van der Waals surface area contributed by atoms with Gasteiger partial charge < -0.3 is 15.7 Å². The van der Waals surface area contributed by atoms with E-state index >= 15 is 0 Å². The molecule has 2 aromatic heterocycles. The van der Waals surface area contributed by atoms with E-state index in [9.17, 15) is 5.11 Å². The van der Waals surface area contributed by atoms with Crippen LogP contribution in [0, 0.1) is 13.8 Å². The van der Waals surface area contributed by atoms with Crippen molar-refractivity contribution in [1.29, 1.82) is 0 Å². The zero-order chi connectivity index (χ0) is 15.5.